The van der Waals surface area contributed by atoms with Gasteiger partial charge in [0.05, 0.1) is 5.56 Å². The normalized spacial score (nSPS) is 11.4. The van der Waals surface area contributed by atoms with E-state index in [1.54, 1.807) is 24.3 Å². The van der Waals surface area contributed by atoms with Crippen molar-refractivity contribution >= 4 is 39.8 Å². The van der Waals surface area contributed by atoms with Gasteiger partial charge in [0, 0.05) is 17.0 Å². The molecule has 3 aromatic rings. The molecule has 1 aromatic heterocycles. The van der Waals surface area contributed by atoms with Crippen molar-refractivity contribution in [2.45, 2.75) is 16.3 Å². The Bertz CT molecular complexity index is 990. The maximum Gasteiger partial charge on any atom is 0.419 e. The molecule has 0 unspecified atom stereocenters. The van der Waals surface area contributed by atoms with Crippen molar-refractivity contribution in [1.82, 2.24) is 10.2 Å². The van der Waals surface area contributed by atoms with Crippen LogP contribution >= 0.6 is 23.1 Å². The van der Waals surface area contributed by atoms with Gasteiger partial charge in [-0.2, -0.15) is 13.2 Å². The molecule has 28 heavy (non-hydrogen) atoms. The maximum atomic E-state index is 13.3. The van der Waals surface area contributed by atoms with E-state index in [1.807, 2.05) is 0 Å². The van der Waals surface area contributed by atoms with Gasteiger partial charge in [-0.25, -0.2) is 4.39 Å². The van der Waals surface area contributed by atoms with Crippen LogP contribution in [-0.2, 0) is 11.9 Å². The van der Waals surface area contributed by atoms with E-state index in [9.17, 15) is 22.4 Å². The van der Waals surface area contributed by atoms with Gasteiger partial charge in [-0.3, -0.25) is 4.79 Å². The number of nitrogen functional groups attached to an aromatic ring is 1. The van der Waals surface area contributed by atoms with Gasteiger partial charge in [-0.1, -0.05) is 35.2 Å². The van der Waals surface area contributed by atoms with Crippen LogP contribution in [0.15, 0.2) is 46.8 Å². The number of carbonyl (C=O) groups excluding carboxylic acids is 1. The Hall–Kier alpha value is -2.66. The lowest BCUT2D eigenvalue weighted by Gasteiger charge is -2.11. The number of amides is 1. The van der Waals surface area contributed by atoms with Crippen LogP contribution in [0.5, 0.6) is 0 Å². The number of halogens is 4. The highest BCUT2D eigenvalue weighted by atomic mass is 32.2. The summed E-state index contributed by atoms with van der Waals surface area (Å²) in [6.45, 7) is 0. The predicted molar refractivity (Wildman–Crippen MR) is 99.7 cm³/mol. The summed E-state index contributed by atoms with van der Waals surface area (Å²) in [6, 6.07) is 8.84. The summed E-state index contributed by atoms with van der Waals surface area (Å²) in [7, 11) is 0. The summed E-state index contributed by atoms with van der Waals surface area (Å²) in [4.78, 5) is 12.2. The molecule has 11 heteroatoms. The number of nitrogens with two attached hydrogens (primary N) is 1. The Kier molecular flexibility index (Phi) is 5.84. The van der Waals surface area contributed by atoms with Crippen LogP contribution in [0.25, 0.3) is 0 Å². The van der Waals surface area contributed by atoms with Crippen LogP contribution in [0.1, 0.15) is 21.5 Å². The van der Waals surface area contributed by atoms with E-state index >= 15 is 0 Å². The van der Waals surface area contributed by atoms with Gasteiger partial charge in [0.2, 0.25) is 5.13 Å². The molecule has 0 saturated heterocycles. The lowest BCUT2D eigenvalue weighted by atomic mass is 10.1. The van der Waals surface area contributed by atoms with Crippen LogP contribution in [0.4, 0.5) is 28.4 Å². The summed E-state index contributed by atoms with van der Waals surface area (Å²) in [6.07, 6.45) is -4.85. The highest BCUT2D eigenvalue weighted by Gasteiger charge is 2.34. The number of rotatable bonds is 5. The van der Waals surface area contributed by atoms with E-state index in [2.05, 4.69) is 15.5 Å². The number of alkyl halides is 3. The summed E-state index contributed by atoms with van der Waals surface area (Å²) >= 11 is 2.71. The molecule has 0 aliphatic rings. The topological polar surface area (TPSA) is 80.9 Å². The zero-order valence-corrected chi connectivity index (χ0v) is 15.6. The lowest BCUT2D eigenvalue weighted by molar-refractivity contribution is -0.139. The second-order valence-corrected chi connectivity index (χ2v) is 7.77. The molecule has 3 N–H and O–H groups in total. The zero-order chi connectivity index (χ0) is 20.3. The van der Waals surface area contributed by atoms with Crippen LogP contribution in [0.3, 0.4) is 0 Å². The molecule has 0 aliphatic carbocycles. The van der Waals surface area contributed by atoms with Gasteiger partial charge >= 0.3 is 6.18 Å². The molecule has 5 nitrogen and oxygen atoms in total. The molecule has 146 valence electrons. The first-order valence-corrected chi connectivity index (χ1v) is 9.51. The standard InChI is InChI=1S/C17H12F4N4OS2/c18-13-6-5-11(7-12(13)17(19,20)21)23-14(26)10-3-1-9(2-4-10)8-27-16-25-24-15(22)28-16/h1-7H,8H2,(H2,22,24)(H,23,26). The summed E-state index contributed by atoms with van der Waals surface area (Å²) < 4.78 is 52.3. The van der Waals surface area contributed by atoms with E-state index in [0.717, 1.165) is 16.0 Å². The second kappa shape index (κ2) is 8.15. The minimum Gasteiger partial charge on any atom is -0.374 e. The average Bonchev–Trinajstić information content (AvgIpc) is 3.06. The smallest absolute Gasteiger partial charge is 0.374 e. The highest BCUT2D eigenvalue weighted by Crippen LogP contribution is 2.33. The van der Waals surface area contributed by atoms with Crippen LogP contribution in [0, 0.1) is 5.82 Å². The molecule has 0 aliphatic heterocycles. The fourth-order valence-electron chi connectivity index (χ4n) is 2.20. The van der Waals surface area contributed by atoms with Crippen LogP contribution < -0.4 is 11.1 Å². The number of anilines is 2. The van der Waals surface area contributed by atoms with Gasteiger partial charge in [0.25, 0.3) is 5.91 Å². The van der Waals surface area contributed by atoms with Crippen molar-refractivity contribution in [3.63, 3.8) is 0 Å². The third kappa shape index (κ3) is 4.98. The molecule has 1 amide bonds. The SMILES string of the molecule is Nc1nnc(SCc2ccc(C(=O)Nc3ccc(F)c(C(F)(F)F)c3)cc2)s1. The van der Waals surface area contributed by atoms with Gasteiger partial charge in [0.15, 0.2) is 4.34 Å². The van der Waals surface area contributed by atoms with Crippen molar-refractivity contribution in [2.75, 3.05) is 11.1 Å². The van der Waals surface area contributed by atoms with Gasteiger partial charge < -0.3 is 11.1 Å². The first-order chi connectivity index (χ1) is 13.2. The molecule has 0 radical (unpaired) electrons. The average molecular weight is 428 g/mol. The molecule has 0 saturated carbocycles. The minimum absolute atomic E-state index is 0.146. The van der Waals surface area contributed by atoms with Crippen molar-refractivity contribution < 1.29 is 22.4 Å². The quantitative estimate of drug-likeness (QED) is 0.450. The number of nitrogens with zero attached hydrogens (tertiary/aromatic N) is 2. The number of aromatic nitrogens is 2. The molecular weight excluding hydrogens is 416 g/mol. The van der Waals surface area contributed by atoms with E-state index < -0.39 is 23.5 Å². The lowest BCUT2D eigenvalue weighted by Crippen LogP contribution is -2.14. The van der Waals surface area contributed by atoms with Gasteiger partial charge in [-0.15, -0.1) is 10.2 Å². The Balaban J connectivity index is 1.65. The van der Waals surface area contributed by atoms with Crippen LogP contribution in [-0.4, -0.2) is 16.1 Å². The van der Waals surface area contributed by atoms with Crippen LogP contribution in [0.2, 0.25) is 0 Å². The molecule has 0 atom stereocenters. The number of hydrogen-bond acceptors (Lipinski definition) is 6. The molecule has 1 heterocycles. The number of nitrogens with one attached hydrogen (secondary N) is 1. The monoisotopic (exact) mass is 428 g/mol. The number of thioether (sulfide) groups is 1. The maximum absolute atomic E-state index is 13.3. The predicted octanol–water partition coefficient (Wildman–Crippen LogP) is 4.82. The van der Waals surface area contributed by atoms with E-state index in [4.69, 9.17) is 5.73 Å². The Morgan fingerprint density at radius 1 is 1.14 bits per heavy atom. The summed E-state index contributed by atoms with van der Waals surface area (Å²) in [5.74, 6) is -1.41. The Morgan fingerprint density at radius 2 is 1.86 bits per heavy atom. The van der Waals surface area contributed by atoms with Crippen molar-refractivity contribution in [2.24, 2.45) is 0 Å². The Labute approximate surface area is 165 Å². The number of carbonyl (C=O) groups is 1. The first kappa shape index (κ1) is 20.1. The first-order valence-electron chi connectivity index (χ1n) is 7.71. The fraction of sp³-hybridized carbons (Fsp3) is 0.118. The van der Waals surface area contributed by atoms with Gasteiger partial charge in [0.1, 0.15) is 5.82 Å². The summed E-state index contributed by atoms with van der Waals surface area (Å²) in [5.41, 5.74) is 5.10. The van der Waals surface area contributed by atoms with E-state index in [0.29, 0.717) is 23.0 Å². The molecule has 2 aromatic carbocycles. The Morgan fingerprint density at radius 3 is 2.46 bits per heavy atom. The van der Waals surface area contributed by atoms with E-state index in [1.165, 1.54) is 23.1 Å². The molecule has 0 fully saturated rings. The molecule has 0 spiro atoms. The third-order valence-corrected chi connectivity index (χ3v) is 5.49. The number of benzene rings is 2. The third-order valence-electron chi connectivity index (χ3n) is 3.53. The molecule has 0 bridgehead atoms. The molecule has 3 rings (SSSR count). The summed E-state index contributed by atoms with van der Waals surface area (Å²) in [5, 5.41) is 10.3. The zero-order valence-electron chi connectivity index (χ0n) is 14.0. The van der Waals surface area contributed by atoms with Crippen molar-refractivity contribution in [3.05, 3.63) is 65.0 Å². The molecular formula is C17H12F4N4OS2. The van der Waals surface area contributed by atoms with E-state index in [-0.39, 0.29) is 11.3 Å². The highest BCUT2D eigenvalue weighted by molar-refractivity contribution is 8.00. The van der Waals surface area contributed by atoms with Crippen molar-refractivity contribution in [3.8, 4) is 0 Å². The van der Waals surface area contributed by atoms with Crippen molar-refractivity contribution in [1.29, 1.82) is 0 Å². The number of hydrogen-bond donors (Lipinski definition) is 2. The minimum atomic E-state index is -4.85. The second-order valence-electron chi connectivity index (χ2n) is 5.54. The largest absolute Gasteiger partial charge is 0.419 e. The van der Waals surface area contributed by atoms with Gasteiger partial charge in [-0.05, 0) is 35.9 Å². The fourth-order valence-corrected chi connectivity index (χ4v) is 3.79.